The minimum Gasteiger partial charge on any atom is -0.347 e. The Hall–Kier alpha value is -0.400. The van der Waals surface area contributed by atoms with Crippen LogP contribution in [0.25, 0.3) is 0 Å². The Morgan fingerprint density at radius 1 is 1.33 bits per heavy atom. The molecular formula is C8H16N2O3S2. The van der Waals surface area contributed by atoms with Crippen molar-refractivity contribution in [2.75, 3.05) is 31.2 Å². The Labute approximate surface area is 100 Å². The molecule has 1 N–H and O–H groups in total. The van der Waals surface area contributed by atoms with Crippen molar-refractivity contribution < 1.29 is 14.4 Å². The van der Waals surface area contributed by atoms with E-state index < -0.39 is 11.8 Å². The molecule has 2 amide bonds. The zero-order valence-corrected chi connectivity index (χ0v) is 10.4. The molecular weight excluding hydrogens is 236 g/mol. The highest BCUT2D eigenvalue weighted by molar-refractivity contribution is 7.80. The molecule has 0 unspecified atom stereocenters. The maximum absolute atomic E-state index is 11.5. The fourth-order valence-electron chi connectivity index (χ4n) is 0.830. The van der Waals surface area contributed by atoms with E-state index in [4.69, 9.17) is 4.84 Å². The maximum Gasteiger partial charge on any atom is 0.335 e. The molecule has 0 saturated carbocycles. The van der Waals surface area contributed by atoms with Crippen LogP contribution in [0.2, 0.25) is 0 Å². The van der Waals surface area contributed by atoms with Crippen LogP contribution in [0, 0.1) is 0 Å². The van der Waals surface area contributed by atoms with E-state index in [9.17, 15) is 9.59 Å². The summed E-state index contributed by atoms with van der Waals surface area (Å²) < 4.78 is 0. The van der Waals surface area contributed by atoms with Crippen molar-refractivity contribution in [2.45, 2.75) is 6.92 Å². The lowest BCUT2D eigenvalue weighted by Crippen LogP contribution is -2.44. The number of nitrogens with zero attached hydrogens (tertiary/aromatic N) is 1. The van der Waals surface area contributed by atoms with Gasteiger partial charge in [0.05, 0.1) is 13.2 Å². The first kappa shape index (κ1) is 14.6. The van der Waals surface area contributed by atoms with Gasteiger partial charge in [0.25, 0.3) is 0 Å². The van der Waals surface area contributed by atoms with Gasteiger partial charge in [0.2, 0.25) is 0 Å². The number of carbonyl (C=O) groups excluding carboxylic acids is 2. The lowest BCUT2D eigenvalue weighted by atomic mass is 10.5. The first-order valence-corrected chi connectivity index (χ1v) is 5.88. The molecule has 0 aromatic heterocycles. The number of hydrogen-bond donors (Lipinski definition) is 3. The molecule has 88 valence electrons. The summed E-state index contributed by atoms with van der Waals surface area (Å²) in [5.74, 6) is -0.460. The van der Waals surface area contributed by atoms with Crippen LogP contribution in [0.5, 0.6) is 0 Å². The number of thiol groups is 2. The largest absolute Gasteiger partial charge is 0.347 e. The third kappa shape index (κ3) is 5.91. The first-order valence-electron chi connectivity index (χ1n) is 4.61. The van der Waals surface area contributed by atoms with Crippen LogP contribution in [0.1, 0.15) is 6.92 Å². The molecule has 0 radical (unpaired) electrons. The predicted octanol–water partition coefficient (Wildman–Crippen LogP) is -0.258. The van der Waals surface area contributed by atoms with E-state index in [1.807, 2.05) is 0 Å². The van der Waals surface area contributed by atoms with E-state index in [1.165, 1.54) is 0 Å². The van der Waals surface area contributed by atoms with Crippen LogP contribution < -0.4 is 5.32 Å². The minimum absolute atomic E-state index is 0.282. The summed E-state index contributed by atoms with van der Waals surface area (Å²) in [4.78, 5) is 27.7. The van der Waals surface area contributed by atoms with Gasteiger partial charge in [0, 0.05) is 18.1 Å². The van der Waals surface area contributed by atoms with Gasteiger partial charge >= 0.3 is 11.8 Å². The Morgan fingerprint density at radius 3 is 2.47 bits per heavy atom. The number of rotatable bonds is 6. The number of carbonyl (C=O) groups is 2. The molecule has 0 aliphatic rings. The zero-order chi connectivity index (χ0) is 11.7. The van der Waals surface area contributed by atoms with Crippen LogP contribution in [0.4, 0.5) is 0 Å². The van der Waals surface area contributed by atoms with Crippen molar-refractivity contribution in [3.63, 3.8) is 0 Å². The second-order valence-electron chi connectivity index (χ2n) is 2.53. The Morgan fingerprint density at radius 2 is 2.00 bits per heavy atom. The van der Waals surface area contributed by atoms with Gasteiger partial charge in [-0.15, -0.1) is 0 Å². The summed E-state index contributed by atoms with van der Waals surface area (Å²) in [5, 5.41) is 3.43. The van der Waals surface area contributed by atoms with E-state index in [-0.39, 0.29) is 6.54 Å². The fourth-order valence-corrected chi connectivity index (χ4v) is 1.12. The standard InChI is InChI=1S/C8H16N2O3S2/c1-2-13-10(4-6-15)8(12)7(11)9-3-5-14/h14-15H,2-6H2,1H3,(H,9,11). The van der Waals surface area contributed by atoms with Crippen LogP contribution in [-0.4, -0.2) is 48.1 Å². The number of amides is 2. The Bertz CT molecular complexity index is 208. The van der Waals surface area contributed by atoms with E-state index >= 15 is 0 Å². The van der Waals surface area contributed by atoms with Crippen molar-refractivity contribution in [1.29, 1.82) is 0 Å². The van der Waals surface area contributed by atoms with E-state index in [2.05, 4.69) is 30.6 Å². The lowest BCUT2D eigenvalue weighted by Gasteiger charge is -2.19. The smallest absolute Gasteiger partial charge is 0.335 e. The third-order valence-corrected chi connectivity index (χ3v) is 1.83. The summed E-state index contributed by atoms with van der Waals surface area (Å²) in [6, 6.07) is 0. The zero-order valence-electron chi connectivity index (χ0n) is 8.60. The SMILES string of the molecule is CCON(CCS)C(=O)C(=O)NCCS. The Kier molecular flexibility index (Phi) is 8.64. The molecule has 0 atom stereocenters. The van der Waals surface area contributed by atoms with Crippen molar-refractivity contribution in [1.82, 2.24) is 10.4 Å². The highest BCUT2D eigenvalue weighted by Crippen LogP contribution is 1.93. The molecule has 0 aromatic rings. The molecule has 0 bridgehead atoms. The van der Waals surface area contributed by atoms with E-state index in [0.29, 0.717) is 24.7 Å². The van der Waals surface area contributed by atoms with Gasteiger partial charge in [-0.05, 0) is 6.92 Å². The molecule has 0 aromatic carbocycles. The molecule has 0 rings (SSSR count). The summed E-state index contributed by atoms with van der Waals surface area (Å²) in [6.07, 6.45) is 0. The summed E-state index contributed by atoms with van der Waals surface area (Å²) in [5.41, 5.74) is 0. The average Bonchev–Trinajstić information content (AvgIpc) is 2.24. The second kappa shape index (κ2) is 8.87. The molecule has 5 nitrogen and oxygen atoms in total. The number of hydroxylamine groups is 2. The quantitative estimate of drug-likeness (QED) is 0.347. The topological polar surface area (TPSA) is 58.6 Å². The van der Waals surface area contributed by atoms with Gasteiger partial charge in [-0.25, -0.2) is 5.06 Å². The monoisotopic (exact) mass is 252 g/mol. The summed E-state index contributed by atoms with van der Waals surface area (Å²) in [6.45, 7) is 2.71. The molecule has 0 spiro atoms. The molecule has 7 heteroatoms. The molecule has 0 aliphatic heterocycles. The van der Waals surface area contributed by atoms with Crippen LogP contribution >= 0.6 is 25.3 Å². The van der Waals surface area contributed by atoms with Crippen molar-refractivity contribution in [2.24, 2.45) is 0 Å². The second-order valence-corrected chi connectivity index (χ2v) is 3.42. The van der Waals surface area contributed by atoms with Gasteiger partial charge in [0.1, 0.15) is 0 Å². The average molecular weight is 252 g/mol. The highest BCUT2D eigenvalue weighted by atomic mass is 32.1. The first-order chi connectivity index (χ1) is 7.17. The lowest BCUT2D eigenvalue weighted by molar-refractivity contribution is -0.185. The van der Waals surface area contributed by atoms with E-state index in [1.54, 1.807) is 6.92 Å². The highest BCUT2D eigenvalue weighted by Gasteiger charge is 2.21. The predicted molar refractivity (Wildman–Crippen MR) is 64.1 cm³/mol. The van der Waals surface area contributed by atoms with Crippen molar-refractivity contribution >= 4 is 37.1 Å². The molecule has 0 heterocycles. The Balaban J connectivity index is 4.15. The van der Waals surface area contributed by atoms with Crippen LogP contribution in [0.3, 0.4) is 0 Å². The van der Waals surface area contributed by atoms with Crippen molar-refractivity contribution in [3.05, 3.63) is 0 Å². The summed E-state index contributed by atoms with van der Waals surface area (Å²) in [7, 11) is 0. The van der Waals surface area contributed by atoms with Crippen LogP contribution in [0.15, 0.2) is 0 Å². The third-order valence-electron chi connectivity index (χ3n) is 1.41. The minimum atomic E-state index is -0.701. The molecule has 0 aliphatic carbocycles. The summed E-state index contributed by atoms with van der Waals surface area (Å²) >= 11 is 7.88. The normalized spacial score (nSPS) is 9.80. The molecule has 0 saturated heterocycles. The van der Waals surface area contributed by atoms with E-state index in [0.717, 1.165) is 5.06 Å². The van der Waals surface area contributed by atoms with Gasteiger partial charge in [-0.3, -0.25) is 14.4 Å². The molecule has 0 fully saturated rings. The fraction of sp³-hybridized carbons (Fsp3) is 0.750. The van der Waals surface area contributed by atoms with Gasteiger partial charge in [-0.2, -0.15) is 25.3 Å². The van der Waals surface area contributed by atoms with Gasteiger partial charge in [-0.1, -0.05) is 0 Å². The van der Waals surface area contributed by atoms with Gasteiger partial charge in [0.15, 0.2) is 0 Å². The maximum atomic E-state index is 11.5. The van der Waals surface area contributed by atoms with Gasteiger partial charge < -0.3 is 5.32 Å². The van der Waals surface area contributed by atoms with Crippen LogP contribution in [-0.2, 0) is 14.4 Å². The number of hydrogen-bond acceptors (Lipinski definition) is 5. The molecule has 15 heavy (non-hydrogen) atoms. The number of nitrogens with one attached hydrogen (secondary N) is 1. The van der Waals surface area contributed by atoms with Crippen molar-refractivity contribution in [3.8, 4) is 0 Å².